The maximum atomic E-state index is 13.1. The summed E-state index contributed by atoms with van der Waals surface area (Å²) in [4.78, 5) is 13.2. The van der Waals surface area contributed by atoms with Crippen LogP contribution in [0.4, 0.5) is 5.69 Å². The molecule has 0 bridgehead atoms. The highest BCUT2D eigenvalue weighted by molar-refractivity contribution is 7.89. The number of unbranched alkanes of at least 4 members (excludes halogenated alkanes) is 1. The van der Waals surface area contributed by atoms with E-state index in [1.165, 1.54) is 5.56 Å². The summed E-state index contributed by atoms with van der Waals surface area (Å²) in [6, 6.07) is 22.7. The molecule has 0 aromatic heterocycles. The van der Waals surface area contributed by atoms with Gasteiger partial charge in [-0.3, -0.25) is 4.79 Å². The minimum atomic E-state index is -3.86. The van der Waals surface area contributed by atoms with Crippen molar-refractivity contribution in [2.45, 2.75) is 50.5 Å². The summed E-state index contributed by atoms with van der Waals surface area (Å²) >= 11 is 0. The molecular weight excluding hydrogens is 420 g/mol. The molecule has 1 unspecified atom stereocenters. The zero-order chi connectivity index (χ0) is 23.0. The number of sulfonamides is 1. The smallest absolute Gasteiger partial charge is 0.242 e. The molecular formula is C26H30N2O3S. The molecule has 0 spiro atoms. The van der Waals surface area contributed by atoms with E-state index in [4.69, 9.17) is 0 Å². The lowest BCUT2D eigenvalue weighted by Crippen LogP contribution is -2.45. The molecule has 1 amide bonds. The van der Waals surface area contributed by atoms with Crippen molar-refractivity contribution in [3.05, 3.63) is 95.6 Å². The van der Waals surface area contributed by atoms with Gasteiger partial charge in [0.25, 0.3) is 0 Å². The molecule has 0 radical (unpaired) electrons. The largest absolute Gasteiger partial charge is 0.325 e. The summed E-state index contributed by atoms with van der Waals surface area (Å²) in [5.74, 6) is -0.397. The number of amides is 1. The maximum absolute atomic E-state index is 13.1. The van der Waals surface area contributed by atoms with Crippen molar-refractivity contribution in [1.29, 1.82) is 0 Å². The second-order valence-corrected chi connectivity index (χ2v) is 9.68. The Hall–Kier alpha value is -2.96. The Kier molecular flexibility index (Phi) is 8.20. The Balaban J connectivity index is 1.78. The first kappa shape index (κ1) is 23.7. The number of benzene rings is 3. The van der Waals surface area contributed by atoms with Crippen LogP contribution in [0.15, 0.2) is 83.8 Å². The summed E-state index contributed by atoms with van der Waals surface area (Å²) in [5.41, 5.74) is 3.69. The van der Waals surface area contributed by atoms with Crippen molar-refractivity contribution in [2.75, 3.05) is 5.32 Å². The first-order chi connectivity index (χ1) is 15.4. The molecule has 2 N–H and O–H groups in total. The fourth-order valence-corrected chi connectivity index (χ4v) is 4.57. The zero-order valence-electron chi connectivity index (χ0n) is 18.5. The molecule has 0 saturated carbocycles. The van der Waals surface area contributed by atoms with Gasteiger partial charge in [-0.05, 0) is 61.6 Å². The summed E-state index contributed by atoms with van der Waals surface area (Å²) in [6.07, 6.45) is 3.48. The highest BCUT2D eigenvalue weighted by Gasteiger charge is 2.26. The van der Waals surface area contributed by atoms with E-state index in [0.717, 1.165) is 30.4 Å². The summed E-state index contributed by atoms with van der Waals surface area (Å²) in [7, 11) is -3.86. The van der Waals surface area contributed by atoms with Gasteiger partial charge < -0.3 is 5.32 Å². The van der Waals surface area contributed by atoms with Crippen molar-refractivity contribution < 1.29 is 13.2 Å². The zero-order valence-corrected chi connectivity index (χ0v) is 19.4. The van der Waals surface area contributed by atoms with Crippen LogP contribution >= 0.6 is 0 Å². The van der Waals surface area contributed by atoms with Gasteiger partial charge in [0.2, 0.25) is 15.9 Å². The lowest BCUT2D eigenvalue weighted by molar-refractivity contribution is -0.117. The lowest BCUT2D eigenvalue weighted by Gasteiger charge is -2.19. The number of aryl methyl sites for hydroxylation is 2. The van der Waals surface area contributed by atoms with Gasteiger partial charge in [0.05, 0.1) is 4.90 Å². The molecule has 0 fully saturated rings. The quantitative estimate of drug-likeness (QED) is 0.463. The predicted molar refractivity (Wildman–Crippen MR) is 129 cm³/mol. The molecule has 3 aromatic rings. The molecule has 0 heterocycles. The molecule has 32 heavy (non-hydrogen) atoms. The van der Waals surface area contributed by atoms with Crippen molar-refractivity contribution in [3.63, 3.8) is 0 Å². The van der Waals surface area contributed by atoms with E-state index < -0.39 is 22.0 Å². The second kappa shape index (κ2) is 11.1. The van der Waals surface area contributed by atoms with Gasteiger partial charge in [-0.25, -0.2) is 8.42 Å². The Morgan fingerprint density at radius 3 is 2.16 bits per heavy atom. The van der Waals surface area contributed by atoms with E-state index in [0.29, 0.717) is 5.69 Å². The van der Waals surface area contributed by atoms with E-state index in [1.54, 1.807) is 24.3 Å². The molecule has 0 aliphatic rings. The predicted octanol–water partition coefficient (Wildman–Crippen LogP) is 4.87. The number of hydrogen-bond donors (Lipinski definition) is 2. The van der Waals surface area contributed by atoms with E-state index in [9.17, 15) is 13.2 Å². The first-order valence-corrected chi connectivity index (χ1v) is 12.4. The molecule has 168 valence electrons. The number of nitrogens with one attached hydrogen (secondary N) is 2. The highest BCUT2D eigenvalue weighted by atomic mass is 32.2. The third-order valence-electron chi connectivity index (χ3n) is 5.27. The molecule has 1 atom stereocenters. The molecule has 3 rings (SSSR count). The number of hydrogen-bond acceptors (Lipinski definition) is 3. The first-order valence-electron chi connectivity index (χ1n) is 10.9. The molecule has 0 saturated heterocycles. The van der Waals surface area contributed by atoms with Crippen molar-refractivity contribution in [1.82, 2.24) is 4.72 Å². The fourth-order valence-electron chi connectivity index (χ4n) is 3.38. The van der Waals surface area contributed by atoms with Crippen LogP contribution in [0, 0.1) is 6.92 Å². The van der Waals surface area contributed by atoms with Crippen LogP contribution in [-0.2, 0) is 27.7 Å². The van der Waals surface area contributed by atoms with E-state index in [-0.39, 0.29) is 11.3 Å². The van der Waals surface area contributed by atoms with Crippen LogP contribution in [0.1, 0.15) is 36.5 Å². The minimum Gasteiger partial charge on any atom is -0.325 e. The van der Waals surface area contributed by atoms with E-state index in [1.807, 2.05) is 61.5 Å². The van der Waals surface area contributed by atoms with Crippen molar-refractivity contribution in [3.8, 4) is 0 Å². The normalized spacial score (nSPS) is 12.3. The summed E-state index contributed by atoms with van der Waals surface area (Å²) < 4.78 is 28.5. The van der Waals surface area contributed by atoms with Gasteiger partial charge in [0, 0.05) is 5.69 Å². The van der Waals surface area contributed by atoms with Gasteiger partial charge >= 0.3 is 0 Å². The van der Waals surface area contributed by atoms with Crippen LogP contribution in [-0.4, -0.2) is 20.4 Å². The molecule has 3 aromatic carbocycles. The van der Waals surface area contributed by atoms with Gasteiger partial charge in [-0.15, -0.1) is 0 Å². The Bertz CT molecular complexity index is 1110. The third-order valence-corrected chi connectivity index (χ3v) is 6.76. The Morgan fingerprint density at radius 2 is 1.53 bits per heavy atom. The number of carbonyl (C=O) groups is 1. The highest BCUT2D eigenvalue weighted by Crippen LogP contribution is 2.15. The SMILES string of the molecule is CCCCc1ccc(NC(=O)C(Cc2ccccc2)NS(=O)(=O)c2ccc(C)cc2)cc1. The van der Waals surface area contributed by atoms with E-state index in [2.05, 4.69) is 17.0 Å². The Labute approximate surface area is 190 Å². The molecule has 0 aliphatic carbocycles. The van der Waals surface area contributed by atoms with Gasteiger partial charge in [-0.1, -0.05) is 73.5 Å². The number of anilines is 1. The molecule has 6 heteroatoms. The fraction of sp³-hybridized carbons (Fsp3) is 0.269. The minimum absolute atomic E-state index is 0.134. The average molecular weight is 451 g/mol. The van der Waals surface area contributed by atoms with Crippen LogP contribution in [0.3, 0.4) is 0 Å². The molecule has 5 nitrogen and oxygen atoms in total. The van der Waals surface area contributed by atoms with Crippen LogP contribution in [0.5, 0.6) is 0 Å². The van der Waals surface area contributed by atoms with Gasteiger partial charge in [-0.2, -0.15) is 4.72 Å². The number of carbonyl (C=O) groups excluding carboxylic acids is 1. The lowest BCUT2D eigenvalue weighted by atomic mass is 10.1. The average Bonchev–Trinajstić information content (AvgIpc) is 2.79. The van der Waals surface area contributed by atoms with Crippen molar-refractivity contribution >= 4 is 21.6 Å². The van der Waals surface area contributed by atoms with Crippen molar-refractivity contribution in [2.24, 2.45) is 0 Å². The van der Waals surface area contributed by atoms with Crippen LogP contribution in [0.25, 0.3) is 0 Å². The van der Waals surface area contributed by atoms with Crippen LogP contribution in [0.2, 0.25) is 0 Å². The number of rotatable bonds is 10. The topological polar surface area (TPSA) is 75.3 Å². The summed E-state index contributed by atoms with van der Waals surface area (Å²) in [6.45, 7) is 4.04. The third kappa shape index (κ3) is 6.77. The summed E-state index contributed by atoms with van der Waals surface area (Å²) in [5, 5.41) is 2.86. The maximum Gasteiger partial charge on any atom is 0.242 e. The second-order valence-electron chi connectivity index (χ2n) is 7.97. The van der Waals surface area contributed by atoms with Crippen LogP contribution < -0.4 is 10.0 Å². The molecule has 0 aliphatic heterocycles. The standard InChI is InChI=1S/C26H30N2O3S/c1-3-4-8-21-13-15-23(16-14-21)27-26(29)25(19-22-9-6-5-7-10-22)28-32(30,31)24-17-11-20(2)12-18-24/h5-7,9-18,25,28H,3-4,8,19H2,1-2H3,(H,27,29). The van der Waals surface area contributed by atoms with Gasteiger partial charge in [0.15, 0.2) is 0 Å². The van der Waals surface area contributed by atoms with Gasteiger partial charge in [0.1, 0.15) is 6.04 Å². The Morgan fingerprint density at radius 1 is 0.875 bits per heavy atom. The monoisotopic (exact) mass is 450 g/mol. The van der Waals surface area contributed by atoms with E-state index >= 15 is 0 Å².